The molecule has 0 radical (unpaired) electrons. The third kappa shape index (κ3) is 4.99. The molecular weight excluding hydrogens is 428 g/mol. The lowest BCUT2D eigenvalue weighted by Crippen LogP contribution is -2.19. The summed E-state index contributed by atoms with van der Waals surface area (Å²) in [5.41, 5.74) is 4.07. The van der Waals surface area contributed by atoms with Crippen molar-refractivity contribution in [1.82, 2.24) is 5.32 Å². The van der Waals surface area contributed by atoms with Crippen LogP contribution in [0.4, 0.5) is 5.69 Å². The smallest absolute Gasteiger partial charge is 0.264 e. The van der Waals surface area contributed by atoms with Crippen molar-refractivity contribution in [2.45, 2.75) is 13.5 Å². The van der Waals surface area contributed by atoms with Crippen LogP contribution in [0, 0.1) is 6.92 Å². The molecule has 4 aromatic carbocycles. The number of nitrogens with zero attached hydrogens (tertiary/aromatic N) is 1. The van der Waals surface area contributed by atoms with Gasteiger partial charge in [0.1, 0.15) is 12.4 Å². The molecule has 0 aromatic heterocycles. The van der Waals surface area contributed by atoms with Crippen molar-refractivity contribution in [3.63, 3.8) is 0 Å². The number of hydrogen-bond acceptors (Lipinski definition) is 4. The van der Waals surface area contributed by atoms with E-state index in [0.717, 1.165) is 22.6 Å². The van der Waals surface area contributed by atoms with E-state index < -0.39 is 0 Å². The van der Waals surface area contributed by atoms with E-state index in [1.54, 1.807) is 0 Å². The van der Waals surface area contributed by atoms with E-state index in [1.165, 1.54) is 28.1 Å². The van der Waals surface area contributed by atoms with Gasteiger partial charge in [-0.05, 0) is 70.9 Å². The van der Waals surface area contributed by atoms with Crippen LogP contribution in [0.3, 0.4) is 0 Å². The molecule has 33 heavy (non-hydrogen) atoms. The van der Waals surface area contributed by atoms with Crippen LogP contribution >= 0.6 is 11.8 Å². The van der Waals surface area contributed by atoms with E-state index in [2.05, 4.69) is 40.6 Å². The van der Waals surface area contributed by atoms with Crippen molar-refractivity contribution in [2.75, 3.05) is 0 Å². The molecule has 1 saturated heterocycles. The number of aliphatic imine (C=N–C) groups is 1. The third-order valence-corrected chi connectivity index (χ3v) is 6.28. The molecule has 1 amide bonds. The first kappa shape index (κ1) is 21.0. The first-order valence-corrected chi connectivity index (χ1v) is 11.5. The summed E-state index contributed by atoms with van der Waals surface area (Å²) in [5.74, 6) is 0.650. The van der Waals surface area contributed by atoms with Crippen LogP contribution in [0.1, 0.15) is 16.7 Å². The van der Waals surface area contributed by atoms with Crippen molar-refractivity contribution < 1.29 is 9.53 Å². The van der Waals surface area contributed by atoms with Gasteiger partial charge in [-0.25, -0.2) is 4.99 Å². The van der Waals surface area contributed by atoms with E-state index in [9.17, 15) is 4.79 Å². The highest BCUT2D eigenvalue weighted by molar-refractivity contribution is 8.18. The average molecular weight is 451 g/mol. The molecular formula is C28H22N2O2S. The number of carbonyl (C=O) groups excluding carboxylic acids is 1. The zero-order valence-corrected chi connectivity index (χ0v) is 18.9. The van der Waals surface area contributed by atoms with Crippen LogP contribution in [0.25, 0.3) is 16.8 Å². The molecule has 0 unspecified atom stereocenters. The molecule has 1 aliphatic heterocycles. The number of rotatable bonds is 5. The van der Waals surface area contributed by atoms with Crippen LogP contribution < -0.4 is 10.1 Å². The molecule has 0 saturated carbocycles. The Balaban J connectivity index is 1.25. The zero-order chi connectivity index (χ0) is 22.6. The highest BCUT2D eigenvalue weighted by Crippen LogP contribution is 2.29. The number of nitrogens with one attached hydrogen (secondary N) is 1. The van der Waals surface area contributed by atoms with Gasteiger partial charge < -0.3 is 10.1 Å². The average Bonchev–Trinajstić information content (AvgIpc) is 3.18. The first-order valence-electron chi connectivity index (χ1n) is 10.7. The molecule has 5 rings (SSSR count). The fourth-order valence-electron chi connectivity index (χ4n) is 3.61. The summed E-state index contributed by atoms with van der Waals surface area (Å²) >= 11 is 1.34. The highest BCUT2D eigenvalue weighted by atomic mass is 32.2. The molecule has 4 nitrogen and oxygen atoms in total. The second kappa shape index (κ2) is 9.35. The number of amidine groups is 1. The van der Waals surface area contributed by atoms with Gasteiger partial charge >= 0.3 is 0 Å². The Morgan fingerprint density at radius 2 is 1.67 bits per heavy atom. The Bertz CT molecular complexity index is 1370. The van der Waals surface area contributed by atoms with E-state index in [1.807, 2.05) is 73.7 Å². The summed E-state index contributed by atoms with van der Waals surface area (Å²) in [6.07, 6.45) is 1.87. The van der Waals surface area contributed by atoms with Gasteiger partial charge in [0.05, 0.1) is 10.6 Å². The van der Waals surface area contributed by atoms with Crippen molar-refractivity contribution >= 4 is 45.4 Å². The first-order chi connectivity index (χ1) is 16.1. The fraction of sp³-hybridized carbons (Fsp3) is 0.0714. The van der Waals surface area contributed by atoms with Crippen LogP contribution in [0.15, 0.2) is 101 Å². The molecule has 162 valence electrons. The maximum absolute atomic E-state index is 12.4. The molecule has 0 bridgehead atoms. The summed E-state index contributed by atoms with van der Waals surface area (Å²) in [7, 11) is 0. The number of benzene rings is 4. The summed E-state index contributed by atoms with van der Waals surface area (Å²) in [6, 6.07) is 30.2. The minimum atomic E-state index is -0.137. The van der Waals surface area contributed by atoms with Crippen LogP contribution in [-0.2, 0) is 11.4 Å². The normalized spacial score (nSPS) is 15.8. The molecule has 0 spiro atoms. The number of thioether (sulfide) groups is 1. The zero-order valence-electron chi connectivity index (χ0n) is 18.1. The van der Waals surface area contributed by atoms with E-state index in [0.29, 0.717) is 16.7 Å². The number of carbonyl (C=O) groups is 1. The summed E-state index contributed by atoms with van der Waals surface area (Å²) in [5, 5.41) is 5.83. The van der Waals surface area contributed by atoms with Gasteiger partial charge in [-0.1, -0.05) is 72.3 Å². The Hall–Kier alpha value is -3.83. The minimum absolute atomic E-state index is 0.137. The molecule has 1 heterocycles. The molecule has 4 aromatic rings. The molecule has 0 aliphatic carbocycles. The number of hydrogen-bond donors (Lipinski definition) is 1. The summed E-state index contributed by atoms with van der Waals surface area (Å²) in [4.78, 5) is 17.5. The topological polar surface area (TPSA) is 50.7 Å². The number of ether oxygens (including phenoxy) is 1. The van der Waals surface area contributed by atoms with Gasteiger partial charge in [0, 0.05) is 0 Å². The lowest BCUT2D eigenvalue weighted by molar-refractivity contribution is -0.115. The molecule has 1 fully saturated rings. The minimum Gasteiger partial charge on any atom is -0.489 e. The molecule has 0 atom stereocenters. The lowest BCUT2D eigenvalue weighted by atomic mass is 10.1. The van der Waals surface area contributed by atoms with E-state index in [-0.39, 0.29) is 5.91 Å². The van der Waals surface area contributed by atoms with Gasteiger partial charge in [0.15, 0.2) is 5.17 Å². The van der Waals surface area contributed by atoms with Crippen LogP contribution in [-0.4, -0.2) is 11.1 Å². The maximum atomic E-state index is 12.4. The second-order valence-corrected chi connectivity index (χ2v) is 8.84. The number of fused-ring (bicyclic) bond motifs is 1. The van der Waals surface area contributed by atoms with Gasteiger partial charge in [-0.3, -0.25) is 4.79 Å². The van der Waals surface area contributed by atoms with Crippen molar-refractivity contribution in [3.05, 3.63) is 113 Å². The highest BCUT2D eigenvalue weighted by Gasteiger charge is 2.23. The van der Waals surface area contributed by atoms with Crippen molar-refractivity contribution in [2.24, 2.45) is 4.99 Å². The standard InChI is InChI=1S/C28H22N2O2S/c1-19-9-13-23(14-10-19)29-28-30-27(31)26(33-28)17-20-11-15-24(16-12-20)32-18-22-7-4-6-21-5-2-3-8-25(21)22/h2-17H,18H2,1H3,(H,29,30,31). The SMILES string of the molecule is Cc1ccc(N=C2NC(=O)C(=Cc3ccc(OCc4cccc5ccccc45)cc3)S2)cc1. The quantitative estimate of drug-likeness (QED) is 0.348. The number of aryl methyl sites for hydroxylation is 1. The van der Waals surface area contributed by atoms with E-state index in [4.69, 9.17) is 4.74 Å². The van der Waals surface area contributed by atoms with Gasteiger partial charge in [-0.2, -0.15) is 0 Å². The van der Waals surface area contributed by atoms with E-state index >= 15 is 0 Å². The predicted molar refractivity (Wildman–Crippen MR) is 137 cm³/mol. The molecule has 1 N–H and O–H groups in total. The lowest BCUT2D eigenvalue weighted by Gasteiger charge is -2.09. The summed E-state index contributed by atoms with van der Waals surface area (Å²) < 4.78 is 6.01. The Labute approximate surface area is 197 Å². The molecule has 5 heteroatoms. The van der Waals surface area contributed by atoms with Crippen molar-refractivity contribution in [1.29, 1.82) is 0 Å². The third-order valence-electron chi connectivity index (χ3n) is 5.37. The van der Waals surface area contributed by atoms with Crippen LogP contribution in [0.2, 0.25) is 0 Å². The number of amides is 1. The van der Waals surface area contributed by atoms with Crippen molar-refractivity contribution in [3.8, 4) is 5.75 Å². The van der Waals surface area contributed by atoms with Crippen LogP contribution in [0.5, 0.6) is 5.75 Å². The predicted octanol–water partition coefficient (Wildman–Crippen LogP) is 6.62. The van der Waals surface area contributed by atoms with Gasteiger partial charge in [0.25, 0.3) is 5.91 Å². The second-order valence-electron chi connectivity index (χ2n) is 7.81. The monoisotopic (exact) mass is 450 g/mol. The summed E-state index contributed by atoms with van der Waals surface area (Å²) in [6.45, 7) is 2.53. The Morgan fingerprint density at radius 1 is 0.909 bits per heavy atom. The Kier molecular flexibility index (Phi) is 5.96. The fourth-order valence-corrected chi connectivity index (χ4v) is 4.45. The van der Waals surface area contributed by atoms with Gasteiger partial charge in [0.2, 0.25) is 0 Å². The maximum Gasteiger partial charge on any atom is 0.264 e. The Morgan fingerprint density at radius 3 is 2.48 bits per heavy atom. The molecule has 1 aliphatic rings. The largest absolute Gasteiger partial charge is 0.489 e. The van der Waals surface area contributed by atoms with Gasteiger partial charge in [-0.15, -0.1) is 0 Å².